The predicted molar refractivity (Wildman–Crippen MR) is 110 cm³/mol. The van der Waals surface area contributed by atoms with Crippen molar-refractivity contribution in [1.82, 2.24) is 0 Å². The number of rotatable bonds is 6. The first-order valence-electron chi connectivity index (χ1n) is 8.88. The Kier molecular flexibility index (Phi) is 5.64. The van der Waals surface area contributed by atoms with Crippen LogP contribution < -0.4 is 10.6 Å². The van der Waals surface area contributed by atoms with Gasteiger partial charge in [-0.25, -0.2) is 8.78 Å². The minimum Gasteiger partial charge on any atom is -0.507 e. The van der Waals surface area contributed by atoms with Gasteiger partial charge in [-0.2, -0.15) is 0 Å². The Labute approximate surface area is 163 Å². The first-order chi connectivity index (χ1) is 13.3. The lowest BCUT2D eigenvalue weighted by Crippen LogP contribution is -2.03. The summed E-state index contributed by atoms with van der Waals surface area (Å²) in [7, 11) is 0. The van der Waals surface area contributed by atoms with E-state index < -0.39 is 5.82 Å². The van der Waals surface area contributed by atoms with Crippen molar-refractivity contribution in [3.63, 3.8) is 0 Å². The molecule has 28 heavy (non-hydrogen) atoms. The molecule has 0 aromatic heterocycles. The lowest BCUT2D eigenvalue weighted by atomic mass is 10.1. The van der Waals surface area contributed by atoms with Crippen LogP contribution in [0.15, 0.2) is 61.2 Å². The van der Waals surface area contributed by atoms with Gasteiger partial charge in [0.25, 0.3) is 0 Å². The first kappa shape index (κ1) is 19.4. The Balaban J connectivity index is 1.74. The van der Waals surface area contributed by atoms with E-state index in [-0.39, 0.29) is 17.3 Å². The fraction of sp³-hybridized carbons (Fsp3) is 0.130. The molecule has 0 amide bonds. The summed E-state index contributed by atoms with van der Waals surface area (Å²) in [4.78, 5) is 0. The molecule has 3 rings (SSSR count). The van der Waals surface area contributed by atoms with E-state index in [1.807, 2.05) is 13.0 Å². The van der Waals surface area contributed by atoms with Crippen molar-refractivity contribution >= 4 is 17.1 Å². The number of phenols is 1. The second-order valence-electron chi connectivity index (χ2n) is 6.76. The van der Waals surface area contributed by atoms with Crippen LogP contribution in [0.25, 0.3) is 5.70 Å². The molecule has 0 atom stereocenters. The maximum absolute atomic E-state index is 14.1. The molecule has 0 spiro atoms. The fourth-order valence-corrected chi connectivity index (χ4v) is 2.79. The van der Waals surface area contributed by atoms with Gasteiger partial charge < -0.3 is 15.7 Å². The molecule has 0 radical (unpaired) electrons. The molecule has 3 aromatic carbocycles. The number of aromatic hydroxyl groups is 1. The zero-order chi connectivity index (χ0) is 20.3. The molecular weight excluding hydrogens is 358 g/mol. The summed E-state index contributed by atoms with van der Waals surface area (Å²) in [6.07, 6.45) is 0. The molecule has 0 saturated carbocycles. The van der Waals surface area contributed by atoms with Crippen molar-refractivity contribution in [3.8, 4) is 5.75 Å². The number of benzene rings is 3. The third-order valence-corrected chi connectivity index (χ3v) is 4.46. The second-order valence-corrected chi connectivity index (χ2v) is 6.76. The van der Waals surface area contributed by atoms with Gasteiger partial charge in [0.2, 0.25) is 0 Å². The lowest BCUT2D eigenvalue weighted by Gasteiger charge is -2.15. The third-order valence-electron chi connectivity index (χ3n) is 4.46. The molecule has 0 bridgehead atoms. The molecule has 0 heterocycles. The molecule has 3 aromatic rings. The number of halogens is 2. The molecule has 3 nitrogen and oxygen atoms in total. The van der Waals surface area contributed by atoms with Gasteiger partial charge in [0.05, 0.1) is 5.69 Å². The molecular formula is C23H22F2N2O. The number of aryl methyl sites for hydroxylation is 2. The average Bonchev–Trinajstić information content (AvgIpc) is 2.66. The van der Waals surface area contributed by atoms with Crippen LogP contribution in [0, 0.1) is 25.5 Å². The summed E-state index contributed by atoms with van der Waals surface area (Å²) in [6.45, 7) is 7.86. The largest absolute Gasteiger partial charge is 0.507 e. The van der Waals surface area contributed by atoms with Gasteiger partial charge in [0.1, 0.15) is 17.4 Å². The van der Waals surface area contributed by atoms with Crippen molar-refractivity contribution < 1.29 is 13.9 Å². The van der Waals surface area contributed by atoms with Gasteiger partial charge >= 0.3 is 0 Å². The van der Waals surface area contributed by atoms with E-state index in [0.717, 1.165) is 16.8 Å². The van der Waals surface area contributed by atoms with Crippen LogP contribution in [-0.2, 0) is 6.54 Å². The molecule has 0 unspecified atom stereocenters. The zero-order valence-corrected chi connectivity index (χ0v) is 15.8. The topological polar surface area (TPSA) is 44.3 Å². The third kappa shape index (κ3) is 4.49. The monoisotopic (exact) mass is 380 g/mol. The van der Waals surface area contributed by atoms with Crippen LogP contribution in [0.1, 0.15) is 22.3 Å². The molecule has 0 saturated heterocycles. The van der Waals surface area contributed by atoms with E-state index in [1.165, 1.54) is 18.2 Å². The van der Waals surface area contributed by atoms with E-state index in [4.69, 9.17) is 0 Å². The lowest BCUT2D eigenvalue weighted by molar-refractivity contribution is 0.473. The van der Waals surface area contributed by atoms with Crippen LogP contribution in [0.2, 0.25) is 0 Å². The van der Waals surface area contributed by atoms with Gasteiger partial charge in [0, 0.05) is 23.5 Å². The van der Waals surface area contributed by atoms with Gasteiger partial charge in [-0.3, -0.25) is 0 Å². The minimum absolute atomic E-state index is 0.0250. The van der Waals surface area contributed by atoms with Crippen molar-refractivity contribution in [2.24, 2.45) is 0 Å². The maximum atomic E-state index is 14.1. The summed E-state index contributed by atoms with van der Waals surface area (Å²) < 4.78 is 27.7. The Morgan fingerprint density at radius 3 is 2.46 bits per heavy atom. The highest BCUT2D eigenvalue weighted by molar-refractivity contribution is 5.80. The highest BCUT2D eigenvalue weighted by Gasteiger charge is 2.10. The van der Waals surface area contributed by atoms with Crippen LogP contribution in [0.3, 0.4) is 0 Å². The molecule has 0 aliphatic carbocycles. The van der Waals surface area contributed by atoms with Crippen molar-refractivity contribution in [1.29, 1.82) is 0 Å². The van der Waals surface area contributed by atoms with Crippen molar-refractivity contribution in [2.75, 3.05) is 10.6 Å². The summed E-state index contributed by atoms with van der Waals surface area (Å²) >= 11 is 0. The van der Waals surface area contributed by atoms with Crippen LogP contribution >= 0.6 is 0 Å². The van der Waals surface area contributed by atoms with E-state index in [0.29, 0.717) is 23.4 Å². The van der Waals surface area contributed by atoms with Crippen molar-refractivity contribution in [3.05, 3.63) is 95.1 Å². The van der Waals surface area contributed by atoms with Crippen molar-refractivity contribution in [2.45, 2.75) is 20.4 Å². The van der Waals surface area contributed by atoms with E-state index in [9.17, 15) is 13.9 Å². The van der Waals surface area contributed by atoms with Crippen LogP contribution in [-0.4, -0.2) is 5.11 Å². The number of phenolic OH excluding ortho intramolecular Hbond substituents is 1. The van der Waals surface area contributed by atoms with Gasteiger partial charge in [-0.15, -0.1) is 0 Å². The molecule has 5 heteroatoms. The van der Waals surface area contributed by atoms with Gasteiger partial charge in [-0.05, 0) is 66.9 Å². The van der Waals surface area contributed by atoms with Gasteiger partial charge in [0.15, 0.2) is 0 Å². The van der Waals surface area contributed by atoms with Gasteiger partial charge in [-0.1, -0.05) is 24.8 Å². The highest BCUT2D eigenvalue weighted by atomic mass is 19.1. The standard InChI is InChI=1S/C23H22F2N2O/c1-14-4-8-22(21(25)10-14)27-16(3)19-12-18(7-9-23(19)28)26-13-17-6-5-15(2)20(24)11-17/h4-12,26-28H,3,13H2,1-2H3. The smallest absolute Gasteiger partial charge is 0.146 e. The molecule has 0 aliphatic rings. The zero-order valence-electron chi connectivity index (χ0n) is 15.8. The Bertz CT molecular complexity index is 1030. The van der Waals surface area contributed by atoms with E-state index >= 15 is 0 Å². The number of anilines is 2. The fourth-order valence-electron chi connectivity index (χ4n) is 2.79. The predicted octanol–water partition coefficient (Wildman–Crippen LogP) is 5.98. The van der Waals surface area contributed by atoms with E-state index in [1.54, 1.807) is 37.3 Å². The summed E-state index contributed by atoms with van der Waals surface area (Å²) in [5.41, 5.74) is 4.03. The van der Waals surface area contributed by atoms with Crippen LogP contribution in [0.4, 0.5) is 20.2 Å². The second kappa shape index (κ2) is 8.13. The minimum atomic E-state index is -0.392. The summed E-state index contributed by atoms with van der Waals surface area (Å²) in [5.74, 6) is -0.614. The number of hydrogen-bond donors (Lipinski definition) is 3. The SMILES string of the molecule is C=C(Nc1ccc(C)cc1F)c1cc(NCc2ccc(C)c(F)c2)ccc1O. The molecule has 0 fully saturated rings. The van der Waals surface area contributed by atoms with E-state index in [2.05, 4.69) is 17.2 Å². The maximum Gasteiger partial charge on any atom is 0.146 e. The Morgan fingerprint density at radius 1 is 0.964 bits per heavy atom. The number of hydrogen-bond acceptors (Lipinski definition) is 3. The Morgan fingerprint density at radius 2 is 1.75 bits per heavy atom. The average molecular weight is 380 g/mol. The van der Waals surface area contributed by atoms with Crippen LogP contribution in [0.5, 0.6) is 5.75 Å². The normalized spacial score (nSPS) is 10.6. The molecule has 144 valence electrons. The molecule has 3 N–H and O–H groups in total. The Hall–Kier alpha value is -3.34. The molecule has 0 aliphatic heterocycles. The summed E-state index contributed by atoms with van der Waals surface area (Å²) in [6, 6.07) is 14.9. The quantitative estimate of drug-likeness (QED) is 0.461. The first-order valence-corrected chi connectivity index (χ1v) is 8.88. The summed E-state index contributed by atoms with van der Waals surface area (Å²) in [5, 5.41) is 16.3. The number of nitrogens with one attached hydrogen (secondary N) is 2. The highest BCUT2D eigenvalue weighted by Crippen LogP contribution is 2.29.